The molecule has 0 heterocycles. The summed E-state index contributed by atoms with van der Waals surface area (Å²) in [6.45, 7) is 5.24. The Hall–Kier alpha value is -2.06. The number of likely N-dealkylation sites (N-methyl/N-ethyl adjacent to an activating group) is 1. The molecule has 9 heteroatoms. The molecule has 0 radical (unpaired) electrons. The van der Waals surface area contributed by atoms with Crippen LogP contribution >= 0.6 is 7.82 Å². The summed E-state index contributed by atoms with van der Waals surface area (Å²) < 4.78 is 34.7. The molecule has 0 fully saturated rings. The molecule has 0 aliphatic heterocycles. The van der Waals surface area contributed by atoms with Gasteiger partial charge in [0.1, 0.15) is 19.3 Å². The summed E-state index contributed by atoms with van der Waals surface area (Å²) in [4.78, 5) is 25.2. The van der Waals surface area contributed by atoms with Crippen LogP contribution in [0.25, 0.3) is 0 Å². The molecule has 0 aromatic rings. The molecule has 61 heavy (non-hydrogen) atoms. The minimum absolute atomic E-state index is 0.0199. The van der Waals surface area contributed by atoms with Crippen molar-refractivity contribution in [2.24, 2.45) is 0 Å². The van der Waals surface area contributed by atoms with Crippen LogP contribution in [-0.4, -0.2) is 70.7 Å². The second-order valence-corrected chi connectivity index (χ2v) is 18.8. The molecule has 0 aromatic heterocycles. The summed E-state index contributed by atoms with van der Waals surface area (Å²) >= 11 is 0. The first-order chi connectivity index (χ1) is 29.6. The molecular formula is C52H94NO7P. The topological polar surface area (TPSA) is 94.1 Å². The minimum Gasteiger partial charge on any atom is -0.756 e. The van der Waals surface area contributed by atoms with Gasteiger partial charge in [0.25, 0.3) is 7.82 Å². The van der Waals surface area contributed by atoms with Gasteiger partial charge >= 0.3 is 5.97 Å². The highest BCUT2D eigenvalue weighted by Crippen LogP contribution is 2.38. The highest BCUT2D eigenvalue weighted by atomic mass is 31.2. The zero-order valence-corrected chi connectivity index (χ0v) is 41.0. The fourth-order valence-electron chi connectivity index (χ4n) is 6.45. The predicted molar refractivity (Wildman–Crippen MR) is 259 cm³/mol. The number of rotatable bonds is 45. The highest BCUT2D eigenvalue weighted by molar-refractivity contribution is 7.45. The van der Waals surface area contributed by atoms with Crippen molar-refractivity contribution in [3.8, 4) is 0 Å². The summed E-state index contributed by atoms with van der Waals surface area (Å²) in [6, 6.07) is 0. The van der Waals surface area contributed by atoms with Crippen LogP contribution in [0, 0.1) is 0 Å². The van der Waals surface area contributed by atoms with E-state index in [1.807, 2.05) is 21.1 Å². The molecule has 354 valence electrons. The van der Waals surface area contributed by atoms with Gasteiger partial charge in [0.05, 0.1) is 34.4 Å². The second-order valence-electron chi connectivity index (χ2n) is 17.4. The molecule has 0 N–H and O–H groups in total. The Balaban J connectivity index is 4.18. The lowest BCUT2D eigenvalue weighted by atomic mass is 10.0. The number of allylic oxidation sites excluding steroid dienone is 12. The van der Waals surface area contributed by atoms with Crippen molar-refractivity contribution < 1.29 is 37.3 Å². The molecular weight excluding hydrogens is 782 g/mol. The molecule has 2 unspecified atom stereocenters. The van der Waals surface area contributed by atoms with Gasteiger partial charge in [-0.25, -0.2) is 0 Å². The minimum atomic E-state index is -4.54. The van der Waals surface area contributed by atoms with E-state index < -0.39 is 13.9 Å². The zero-order valence-electron chi connectivity index (χ0n) is 40.1. The SMILES string of the molecule is CC/C=C\C/C=C\C/C=C\C/C=C\CCCCCCCCCCCCC(=O)OC(COCCCCCCCC/C=C\C/C=C\CCCCC)COP(=O)([O-])OCC[N+](C)(C)C. The normalized spacial score (nSPS) is 14.3. The van der Waals surface area contributed by atoms with Gasteiger partial charge in [-0.15, -0.1) is 0 Å². The first-order valence-electron chi connectivity index (χ1n) is 24.7. The summed E-state index contributed by atoms with van der Waals surface area (Å²) in [5, 5.41) is 0. The molecule has 0 aliphatic carbocycles. The summed E-state index contributed by atoms with van der Waals surface area (Å²) in [5.74, 6) is -0.345. The molecule has 0 amide bonds. The van der Waals surface area contributed by atoms with Gasteiger partial charge in [0.2, 0.25) is 0 Å². The Labute approximate surface area is 376 Å². The van der Waals surface area contributed by atoms with E-state index in [0.29, 0.717) is 24.1 Å². The molecule has 0 aromatic carbocycles. The van der Waals surface area contributed by atoms with Crippen molar-refractivity contribution in [2.75, 3.05) is 54.1 Å². The number of esters is 1. The van der Waals surface area contributed by atoms with Crippen LogP contribution in [0.1, 0.15) is 194 Å². The van der Waals surface area contributed by atoms with Gasteiger partial charge < -0.3 is 27.9 Å². The lowest BCUT2D eigenvalue weighted by Crippen LogP contribution is -2.37. The Morgan fingerprint density at radius 2 is 0.951 bits per heavy atom. The number of unbranched alkanes of at least 4 members (excludes halogenated alkanes) is 19. The van der Waals surface area contributed by atoms with Gasteiger partial charge in [0, 0.05) is 13.0 Å². The molecule has 0 rings (SSSR count). The third kappa shape index (κ3) is 48.8. The van der Waals surface area contributed by atoms with Crippen molar-refractivity contribution in [3.05, 3.63) is 72.9 Å². The highest BCUT2D eigenvalue weighted by Gasteiger charge is 2.20. The van der Waals surface area contributed by atoms with Crippen molar-refractivity contribution in [1.82, 2.24) is 0 Å². The second kappa shape index (κ2) is 44.5. The average Bonchev–Trinajstić information content (AvgIpc) is 3.22. The van der Waals surface area contributed by atoms with Gasteiger partial charge in [-0.05, 0) is 83.5 Å². The third-order valence-electron chi connectivity index (χ3n) is 10.2. The van der Waals surface area contributed by atoms with Gasteiger partial charge in [-0.1, -0.05) is 177 Å². The molecule has 0 saturated carbocycles. The number of quaternary nitrogens is 1. The van der Waals surface area contributed by atoms with E-state index >= 15 is 0 Å². The predicted octanol–water partition coefficient (Wildman–Crippen LogP) is 14.4. The molecule has 2 atom stereocenters. The maximum atomic E-state index is 12.7. The van der Waals surface area contributed by atoms with Gasteiger partial charge in [0.15, 0.2) is 0 Å². The molecule has 0 spiro atoms. The number of hydrogen-bond donors (Lipinski definition) is 0. The molecule has 0 bridgehead atoms. The van der Waals surface area contributed by atoms with E-state index in [9.17, 15) is 14.3 Å². The van der Waals surface area contributed by atoms with Crippen LogP contribution in [0.5, 0.6) is 0 Å². The van der Waals surface area contributed by atoms with Crippen molar-refractivity contribution in [3.63, 3.8) is 0 Å². The molecule has 0 saturated heterocycles. The Morgan fingerprint density at radius 3 is 1.43 bits per heavy atom. The lowest BCUT2D eigenvalue weighted by Gasteiger charge is -2.28. The number of carbonyl (C=O) groups excluding carboxylic acids is 1. The van der Waals surface area contributed by atoms with E-state index in [0.717, 1.165) is 77.0 Å². The summed E-state index contributed by atoms with van der Waals surface area (Å²) in [6.07, 6.45) is 57.7. The van der Waals surface area contributed by atoms with Gasteiger partial charge in [-0.2, -0.15) is 0 Å². The van der Waals surface area contributed by atoms with E-state index in [4.69, 9.17) is 18.5 Å². The van der Waals surface area contributed by atoms with E-state index in [2.05, 4.69) is 86.8 Å². The monoisotopic (exact) mass is 876 g/mol. The quantitative estimate of drug-likeness (QED) is 0.0198. The van der Waals surface area contributed by atoms with E-state index in [-0.39, 0.29) is 25.8 Å². The number of hydrogen-bond acceptors (Lipinski definition) is 7. The van der Waals surface area contributed by atoms with E-state index in [1.165, 1.54) is 96.3 Å². The number of phosphoric acid groups is 1. The molecule has 8 nitrogen and oxygen atoms in total. The van der Waals surface area contributed by atoms with E-state index in [1.54, 1.807) is 0 Å². The Morgan fingerprint density at radius 1 is 0.525 bits per heavy atom. The Kier molecular flexibility index (Phi) is 43.0. The van der Waals surface area contributed by atoms with Crippen LogP contribution in [0.4, 0.5) is 0 Å². The van der Waals surface area contributed by atoms with Crippen molar-refractivity contribution >= 4 is 13.8 Å². The van der Waals surface area contributed by atoms with Crippen LogP contribution in [-0.2, 0) is 27.9 Å². The van der Waals surface area contributed by atoms with Crippen LogP contribution in [0.3, 0.4) is 0 Å². The first-order valence-corrected chi connectivity index (χ1v) is 26.1. The largest absolute Gasteiger partial charge is 0.756 e. The number of carbonyl (C=O) groups is 1. The average molecular weight is 876 g/mol. The Bertz CT molecular complexity index is 1200. The fraction of sp³-hybridized carbons (Fsp3) is 0.750. The van der Waals surface area contributed by atoms with Gasteiger partial charge in [-0.3, -0.25) is 9.36 Å². The van der Waals surface area contributed by atoms with Crippen LogP contribution in [0.15, 0.2) is 72.9 Å². The third-order valence-corrected chi connectivity index (χ3v) is 11.2. The standard InChI is InChI=1S/C52H94NO7P/c1-6-8-10-12-14-16-18-20-22-24-25-26-27-28-29-30-31-33-35-37-39-41-43-45-52(54)60-51(50-59-61(55,56)58-48-46-53(3,4)5)49-57-47-44-42-40-38-36-34-32-23-21-19-17-15-13-11-9-7-2/h8,10,14-17,20-23,25-26,51H,6-7,9,11-13,18-19,24,27-50H2,1-5H3/b10-8-,16-14-,17-15-,22-20-,23-21-,26-25-. The lowest BCUT2D eigenvalue weighted by molar-refractivity contribution is -0.870. The van der Waals surface area contributed by atoms with Crippen molar-refractivity contribution in [1.29, 1.82) is 0 Å². The maximum absolute atomic E-state index is 12.7. The number of phosphoric ester groups is 1. The summed E-state index contributed by atoms with van der Waals surface area (Å²) in [5.41, 5.74) is 0. The summed E-state index contributed by atoms with van der Waals surface area (Å²) in [7, 11) is 1.34. The zero-order chi connectivity index (χ0) is 44.8. The van der Waals surface area contributed by atoms with Crippen LogP contribution in [0.2, 0.25) is 0 Å². The first kappa shape index (κ1) is 58.9. The number of ether oxygens (including phenoxy) is 2. The number of nitrogens with zero attached hydrogens (tertiary/aromatic N) is 1. The molecule has 0 aliphatic rings. The fourth-order valence-corrected chi connectivity index (χ4v) is 7.18. The van der Waals surface area contributed by atoms with Crippen molar-refractivity contribution in [2.45, 2.75) is 200 Å². The maximum Gasteiger partial charge on any atom is 0.306 e. The van der Waals surface area contributed by atoms with Crippen LogP contribution < -0.4 is 4.89 Å². The smallest absolute Gasteiger partial charge is 0.306 e.